The number of carboxylic acids is 1. The van der Waals surface area contributed by atoms with Crippen molar-refractivity contribution in [1.82, 2.24) is 10.2 Å². The lowest BCUT2D eigenvalue weighted by molar-refractivity contribution is -0.150. The number of hydrogen-bond donors (Lipinski definition) is 2. The number of β-lactam (4-membered cyclic amide) rings is 1. The highest BCUT2D eigenvalue weighted by molar-refractivity contribution is 8.00. The van der Waals surface area contributed by atoms with E-state index in [9.17, 15) is 24.3 Å². The Morgan fingerprint density at radius 1 is 1.38 bits per heavy atom. The van der Waals surface area contributed by atoms with Crippen molar-refractivity contribution in [1.29, 1.82) is 0 Å². The highest BCUT2D eigenvalue weighted by Crippen LogP contribution is 2.35. The number of carboxylic acid groups (broad SMARTS) is 1. The normalized spacial score (nSPS) is 19.3. The summed E-state index contributed by atoms with van der Waals surface area (Å²) in [5.74, 6) is -2.70. The predicted molar refractivity (Wildman–Crippen MR) is 88.4 cm³/mol. The second kappa shape index (κ2) is 8.93. The van der Waals surface area contributed by atoms with Crippen LogP contribution >= 0.6 is 23.4 Å². The lowest BCUT2D eigenvalue weighted by atomic mass is 10.0. The molecule has 0 aromatic carbocycles. The number of likely N-dealkylation sites (tertiary alicyclic amines) is 1. The van der Waals surface area contributed by atoms with Gasteiger partial charge in [0, 0.05) is 5.75 Å². The van der Waals surface area contributed by atoms with E-state index in [1.807, 2.05) is 0 Å². The van der Waals surface area contributed by atoms with Crippen molar-refractivity contribution in [2.24, 2.45) is 0 Å². The fourth-order valence-electron chi connectivity index (χ4n) is 2.14. The third kappa shape index (κ3) is 4.64. The molecule has 2 atom stereocenters. The van der Waals surface area contributed by atoms with Crippen LogP contribution in [0.3, 0.4) is 0 Å². The number of amides is 2. The SMILES string of the molecule is COC(=O)CCSC1C(NC(=O)CCl)C(=O)N1C(C(=O)O)=C(C)C. The fraction of sp³-hybridized carbons (Fsp3) is 0.571. The molecule has 1 aliphatic heterocycles. The van der Waals surface area contributed by atoms with Crippen molar-refractivity contribution in [3.05, 3.63) is 11.3 Å². The summed E-state index contributed by atoms with van der Waals surface area (Å²) in [6, 6.07) is -0.882. The first-order valence-corrected chi connectivity index (χ1v) is 8.60. The van der Waals surface area contributed by atoms with Crippen molar-refractivity contribution in [2.45, 2.75) is 31.7 Å². The highest BCUT2D eigenvalue weighted by Gasteiger charge is 2.51. The maximum absolute atomic E-state index is 12.3. The molecule has 0 spiro atoms. The number of ether oxygens (including phenoxy) is 1. The van der Waals surface area contributed by atoms with E-state index in [4.69, 9.17) is 11.6 Å². The smallest absolute Gasteiger partial charge is 0.352 e. The summed E-state index contributed by atoms with van der Waals surface area (Å²) < 4.78 is 4.54. The summed E-state index contributed by atoms with van der Waals surface area (Å²) in [6.07, 6.45) is 0.104. The van der Waals surface area contributed by atoms with Crippen LogP contribution in [0.25, 0.3) is 0 Å². The zero-order valence-electron chi connectivity index (χ0n) is 13.5. The average molecular weight is 379 g/mol. The molecule has 0 aromatic heterocycles. The number of rotatable bonds is 8. The number of aliphatic carboxylic acids is 1. The Balaban J connectivity index is 2.94. The Morgan fingerprint density at radius 2 is 2.00 bits per heavy atom. The summed E-state index contributed by atoms with van der Waals surface area (Å²) >= 11 is 6.62. The number of nitrogens with zero attached hydrogens (tertiary/aromatic N) is 1. The Bertz CT molecular complexity index is 576. The van der Waals surface area contributed by atoms with E-state index in [2.05, 4.69) is 10.1 Å². The first-order chi connectivity index (χ1) is 11.2. The highest BCUT2D eigenvalue weighted by atomic mass is 35.5. The molecule has 2 unspecified atom stereocenters. The van der Waals surface area contributed by atoms with Crippen molar-refractivity contribution in [2.75, 3.05) is 18.7 Å². The minimum Gasteiger partial charge on any atom is -0.477 e. The lowest BCUT2D eigenvalue weighted by Crippen LogP contribution is -2.69. The summed E-state index contributed by atoms with van der Waals surface area (Å²) in [7, 11) is 1.27. The minimum atomic E-state index is -1.23. The zero-order valence-corrected chi connectivity index (χ0v) is 15.1. The van der Waals surface area contributed by atoms with Gasteiger partial charge in [-0.05, 0) is 19.4 Å². The molecule has 24 heavy (non-hydrogen) atoms. The molecule has 0 radical (unpaired) electrons. The van der Waals surface area contributed by atoms with Gasteiger partial charge >= 0.3 is 11.9 Å². The molecular formula is C14H19ClN2O6S. The van der Waals surface area contributed by atoms with Crippen LogP contribution in [0, 0.1) is 0 Å². The first kappa shape index (κ1) is 20.3. The number of allylic oxidation sites excluding steroid dienone is 1. The second-order valence-electron chi connectivity index (χ2n) is 5.13. The van der Waals surface area contributed by atoms with E-state index in [0.29, 0.717) is 11.3 Å². The Kier molecular flexibility index (Phi) is 7.56. The number of alkyl halides is 1. The van der Waals surface area contributed by atoms with Crippen LogP contribution in [0.2, 0.25) is 0 Å². The van der Waals surface area contributed by atoms with E-state index < -0.39 is 35.2 Å². The summed E-state index contributed by atoms with van der Waals surface area (Å²) in [4.78, 5) is 47.5. The number of hydrogen-bond acceptors (Lipinski definition) is 6. The third-order valence-electron chi connectivity index (χ3n) is 3.22. The van der Waals surface area contributed by atoms with Crippen LogP contribution in [-0.2, 0) is 23.9 Å². The Hall–Kier alpha value is -1.74. The van der Waals surface area contributed by atoms with Crippen molar-refractivity contribution in [3.63, 3.8) is 0 Å². The van der Waals surface area contributed by atoms with E-state index in [1.54, 1.807) is 13.8 Å². The molecule has 1 rings (SSSR count). The molecule has 1 saturated heterocycles. The average Bonchev–Trinajstić information content (AvgIpc) is 2.53. The third-order valence-corrected chi connectivity index (χ3v) is 4.73. The lowest BCUT2D eigenvalue weighted by Gasteiger charge is -2.46. The number of carbonyl (C=O) groups excluding carboxylic acids is 3. The van der Waals surface area contributed by atoms with Crippen LogP contribution in [0.5, 0.6) is 0 Å². The summed E-state index contributed by atoms with van der Waals surface area (Å²) in [5, 5.41) is 11.2. The number of nitrogens with one attached hydrogen (secondary N) is 1. The van der Waals surface area contributed by atoms with Crippen LogP contribution in [0.15, 0.2) is 11.3 Å². The van der Waals surface area contributed by atoms with Crippen molar-refractivity contribution in [3.8, 4) is 0 Å². The van der Waals surface area contributed by atoms with E-state index in [1.165, 1.54) is 18.9 Å². The van der Waals surface area contributed by atoms with Crippen LogP contribution in [0.1, 0.15) is 20.3 Å². The Labute approximate surface area is 148 Å². The molecule has 1 heterocycles. The van der Waals surface area contributed by atoms with Gasteiger partial charge in [-0.3, -0.25) is 19.3 Å². The van der Waals surface area contributed by atoms with Gasteiger partial charge in [0.2, 0.25) is 5.91 Å². The summed E-state index contributed by atoms with van der Waals surface area (Å²) in [5.41, 5.74) is 0.323. The molecule has 1 aliphatic rings. The van der Waals surface area contributed by atoms with Gasteiger partial charge < -0.3 is 15.2 Å². The van der Waals surface area contributed by atoms with Crippen molar-refractivity contribution < 1.29 is 29.0 Å². The zero-order chi connectivity index (χ0) is 18.4. The van der Waals surface area contributed by atoms with E-state index in [-0.39, 0.29) is 18.0 Å². The molecule has 8 nitrogen and oxygen atoms in total. The Morgan fingerprint density at radius 3 is 2.46 bits per heavy atom. The van der Waals surface area contributed by atoms with Crippen LogP contribution in [0.4, 0.5) is 0 Å². The molecule has 1 fully saturated rings. The topological polar surface area (TPSA) is 113 Å². The molecule has 0 aliphatic carbocycles. The summed E-state index contributed by atoms with van der Waals surface area (Å²) in [6.45, 7) is 3.16. The molecule has 10 heteroatoms. The monoisotopic (exact) mass is 378 g/mol. The number of carbonyl (C=O) groups is 4. The molecular weight excluding hydrogens is 360 g/mol. The number of methoxy groups -OCH3 is 1. The number of esters is 1. The van der Waals surface area contributed by atoms with Crippen LogP contribution in [-0.4, -0.2) is 63.9 Å². The molecule has 2 N–H and O–H groups in total. The van der Waals surface area contributed by atoms with Crippen molar-refractivity contribution >= 4 is 47.1 Å². The maximum Gasteiger partial charge on any atom is 0.352 e. The van der Waals surface area contributed by atoms with Gasteiger partial charge in [-0.1, -0.05) is 0 Å². The van der Waals surface area contributed by atoms with Gasteiger partial charge in [-0.25, -0.2) is 4.79 Å². The van der Waals surface area contributed by atoms with Gasteiger partial charge in [0.15, 0.2) is 0 Å². The van der Waals surface area contributed by atoms with Gasteiger partial charge in [0.25, 0.3) is 5.91 Å². The fourth-order valence-corrected chi connectivity index (χ4v) is 3.48. The first-order valence-electron chi connectivity index (χ1n) is 7.02. The second-order valence-corrected chi connectivity index (χ2v) is 6.62. The maximum atomic E-state index is 12.3. The van der Waals surface area contributed by atoms with E-state index >= 15 is 0 Å². The standard InChI is InChI=1S/C14H19ClN2O6S/c1-7(2)11(14(21)22)17-12(20)10(16-8(18)6-15)13(17)24-5-4-9(19)23-3/h10,13H,4-6H2,1-3H3,(H,16,18)(H,21,22). The predicted octanol–water partition coefficient (Wildman–Crippen LogP) is 0.553. The minimum absolute atomic E-state index is 0.104. The van der Waals surface area contributed by atoms with Gasteiger partial charge in [0.1, 0.15) is 23.0 Å². The molecule has 0 bridgehead atoms. The largest absolute Gasteiger partial charge is 0.477 e. The quantitative estimate of drug-likeness (QED) is 0.274. The van der Waals surface area contributed by atoms with Gasteiger partial charge in [-0.2, -0.15) is 0 Å². The number of thioether (sulfide) groups is 1. The molecule has 2 amide bonds. The van der Waals surface area contributed by atoms with Crippen LogP contribution < -0.4 is 5.32 Å². The van der Waals surface area contributed by atoms with Gasteiger partial charge in [-0.15, -0.1) is 23.4 Å². The molecule has 0 saturated carbocycles. The van der Waals surface area contributed by atoms with E-state index in [0.717, 1.165) is 4.90 Å². The molecule has 134 valence electrons. The molecule has 0 aromatic rings. The number of halogens is 1. The van der Waals surface area contributed by atoms with Gasteiger partial charge in [0.05, 0.1) is 13.5 Å².